The Hall–Kier alpha value is -3.15. The van der Waals surface area contributed by atoms with Gasteiger partial charge >= 0.3 is 5.56 Å². The quantitative estimate of drug-likeness (QED) is 0.773. The van der Waals surface area contributed by atoms with Crippen LogP contribution in [0.15, 0.2) is 59.5 Å². The number of halogens is 1. The maximum Gasteiger partial charge on any atom is 0.316 e. The number of hydrogen-bond acceptors (Lipinski definition) is 4. The number of ether oxygens (including phenoxy) is 1. The van der Waals surface area contributed by atoms with Crippen LogP contribution in [0.5, 0.6) is 5.75 Å². The SMILES string of the molecule is COc1cn(Cc2ccccc2)c(Nc2cccc(F)c2C)nc1=O. The van der Waals surface area contributed by atoms with Crippen LogP contribution in [0.25, 0.3) is 0 Å². The molecule has 2 aromatic carbocycles. The second-order valence-electron chi connectivity index (χ2n) is 5.59. The van der Waals surface area contributed by atoms with Crippen LogP contribution in [0.1, 0.15) is 11.1 Å². The highest BCUT2D eigenvalue weighted by molar-refractivity contribution is 5.58. The van der Waals surface area contributed by atoms with Crippen LogP contribution < -0.4 is 15.6 Å². The van der Waals surface area contributed by atoms with Gasteiger partial charge in [0.2, 0.25) is 11.7 Å². The maximum atomic E-state index is 13.8. The fourth-order valence-electron chi connectivity index (χ4n) is 2.48. The Bertz CT molecular complexity index is 939. The molecule has 3 aromatic rings. The molecule has 0 aliphatic rings. The largest absolute Gasteiger partial charge is 0.490 e. The zero-order chi connectivity index (χ0) is 17.8. The molecule has 0 bridgehead atoms. The van der Waals surface area contributed by atoms with E-state index in [1.54, 1.807) is 29.8 Å². The predicted octanol–water partition coefficient (Wildman–Crippen LogP) is 3.49. The molecule has 0 amide bonds. The lowest BCUT2D eigenvalue weighted by Crippen LogP contribution is -2.19. The molecule has 0 saturated heterocycles. The lowest BCUT2D eigenvalue weighted by molar-refractivity contribution is 0.402. The molecule has 0 aliphatic heterocycles. The van der Waals surface area contributed by atoms with Crippen molar-refractivity contribution in [3.8, 4) is 5.75 Å². The minimum Gasteiger partial charge on any atom is -0.490 e. The molecular formula is C19H18FN3O2. The maximum absolute atomic E-state index is 13.8. The number of aromatic nitrogens is 2. The van der Waals surface area contributed by atoms with E-state index in [0.717, 1.165) is 5.56 Å². The van der Waals surface area contributed by atoms with E-state index in [0.29, 0.717) is 23.7 Å². The van der Waals surface area contributed by atoms with Crippen LogP contribution >= 0.6 is 0 Å². The van der Waals surface area contributed by atoms with Crippen molar-refractivity contribution in [1.82, 2.24) is 9.55 Å². The van der Waals surface area contributed by atoms with E-state index in [9.17, 15) is 9.18 Å². The fraction of sp³-hybridized carbons (Fsp3) is 0.158. The minimum absolute atomic E-state index is 0.150. The number of rotatable bonds is 5. The van der Waals surface area contributed by atoms with Crippen LogP contribution in [0.3, 0.4) is 0 Å². The van der Waals surface area contributed by atoms with Crippen molar-refractivity contribution in [2.24, 2.45) is 0 Å². The Labute approximate surface area is 144 Å². The lowest BCUT2D eigenvalue weighted by Gasteiger charge is -2.16. The molecule has 1 N–H and O–H groups in total. The molecule has 0 atom stereocenters. The van der Waals surface area contributed by atoms with Crippen LogP contribution in [0.2, 0.25) is 0 Å². The van der Waals surface area contributed by atoms with Gasteiger partial charge in [-0.25, -0.2) is 4.39 Å². The van der Waals surface area contributed by atoms with Crippen molar-refractivity contribution >= 4 is 11.6 Å². The third-order valence-electron chi connectivity index (χ3n) is 3.89. The highest BCUT2D eigenvalue weighted by Gasteiger charge is 2.12. The van der Waals surface area contributed by atoms with Crippen LogP contribution in [0, 0.1) is 12.7 Å². The first-order chi connectivity index (χ1) is 12.1. The first-order valence-electron chi connectivity index (χ1n) is 7.80. The van der Waals surface area contributed by atoms with Gasteiger partial charge < -0.3 is 14.6 Å². The summed E-state index contributed by atoms with van der Waals surface area (Å²) in [5.74, 6) is 0.149. The number of nitrogens with zero attached hydrogens (tertiary/aromatic N) is 2. The topological polar surface area (TPSA) is 56.1 Å². The van der Waals surface area contributed by atoms with Crippen molar-refractivity contribution in [2.75, 3.05) is 12.4 Å². The summed E-state index contributed by atoms with van der Waals surface area (Å²) in [5.41, 5.74) is 1.56. The zero-order valence-corrected chi connectivity index (χ0v) is 14.0. The molecule has 0 radical (unpaired) electrons. The average Bonchev–Trinajstić information content (AvgIpc) is 2.62. The highest BCUT2D eigenvalue weighted by atomic mass is 19.1. The van der Waals surface area contributed by atoms with E-state index in [-0.39, 0.29) is 11.6 Å². The summed E-state index contributed by atoms with van der Waals surface area (Å²) in [6.45, 7) is 2.15. The van der Waals surface area contributed by atoms with Crippen molar-refractivity contribution in [3.63, 3.8) is 0 Å². The van der Waals surface area contributed by atoms with Crippen molar-refractivity contribution < 1.29 is 9.13 Å². The lowest BCUT2D eigenvalue weighted by atomic mass is 10.2. The van der Waals surface area contributed by atoms with Gasteiger partial charge in [0, 0.05) is 11.3 Å². The molecule has 3 rings (SSSR count). The van der Waals surface area contributed by atoms with E-state index >= 15 is 0 Å². The predicted molar refractivity (Wildman–Crippen MR) is 95.0 cm³/mol. The van der Waals surface area contributed by atoms with E-state index < -0.39 is 5.56 Å². The second kappa shape index (κ2) is 7.17. The molecule has 1 aromatic heterocycles. The van der Waals surface area contributed by atoms with E-state index in [4.69, 9.17) is 4.74 Å². The Kier molecular flexibility index (Phi) is 4.79. The van der Waals surface area contributed by atoms with Gasteiger partial charge in [-0.3, -0.25) is 4.79 Å². The van der Waals surface area contributed by atoms with Gasteiger partial charge in [0.05, 0.1) is 19.9 Å². The third kappa shape index (κ3) is 3.68. The molecule has 6 heteroatoms. The van der Waals surface area contributed by atoms with E-state index in [1.165, 1.54) is 13.2 Å². The van der Waals surface area contributed by atoms with E-state index in [2.05, 4.69) is 10.3 Å². The molecule has 0 saturated carbocycles. The first kappa shape index (κ1) is 16.7. The Balaban J connectivity index is 2.03. The zero-order valence-electron chi connectivity index (χ0n) is 14.0. The molecular weight excluding hydrogens is 321 g/mol. The first-order valence-corrected chi connectivity index (χ1v) is 7.80. The molecule has 25 heavy (non-hydrogen) atoms. The minimum atomic E-state index is -0.483. The summed E-state index contributed by atoms with van der Waals surface area (Å²) < 4.78 is 20.6. The smallest absolute Gasteiger partial charge is 0.316 e. The molecule has 128 valence electrons. The van der Waals surface area contributed by atoms with Gasteiger partial charge in [-0.05, 0) is 24.6 Å². The monoisotopic (exact) mass is 339 g/mol. The van der Waals surface area contributed by atoms with Crippen molar-refractivity contribution in [2.45, 2.75) is 13.5 Å². The molecule has 5 nitrogen and oxygen atoms in total. The summed E-state index contributed by atoms with van der Waals surface area (Å²) >= 11 is 0. The fourth-order valence-corrected chi connectivity index (χ4v) is 2.48. The Morgan fingerprint density at radius 1 is 1.16 bits per heavy atom. The number of anilines is 2. The van der Waals surface area contributed by atoms with Crippen LogP contribution in [-0.4, -0.2) is 16.7 Å². The summed E-state index contributed by atoms with van der Waals surface area (Å²) in [4.78, 5) is 16.1. The highest BCUT2D eigenvalue weighted by Crippen LogP contribution is 2.22. The number of benzene rings is 2. The van der Waals surface area contributed by atoms with E-state index in [1.807, 2.05) is 30.3 Å². The molecule has 1 heterocycles. The normalized spacial score (nSPS) is 10.5. The Morgan fingerprint density at radius 2 is 1.92 bits per heavy atom. The summed E-state index contributed by atoms with van der Waals surface area (Å²) in [6, 6.07) is 14.5. The molecule has 0 unspecified atom stereocenters. The third-order valence-corrected chi connectivity index (χ3v) is 3.89. The number of hydrogen-bond donors (Lipinski definition) is 1. The molecule has 0 spiro atoms. The van der Waals surface area contributed by atoms with Gasteiger partial charge in [-0.2, -0.15) is 4.98 Å². The molecule has 0 aliphatic carbocycles. The van der Waals surface area contributed by atoms with Crippen molar-refractivity contribution in [1.29, 1.82) is 0 Å². The average molecular weight is 339 g/mol. The van der Waals surface area contributed by atoms with Gasteiger partial charge in [0.25, 0.3) is 0 Å². The summed E-state index contributed by atoms with van der Waals surface area (Å²) in [7, 11) is 1.43. The second-order valence-corrected chi connectivity index (χ2v) is 5.59. The van der Waals surface area contributed by atoms with Gasteiger partial charge in [0.1, 0.15) is 5.82 Å². The van der Waals surface area contributed by atoms with Gasteiger partial charge in [0.15, 0.2) is 0 Å². The number of nitrogens with one attached hydrogen (secondary N) is 1. The number of methoxy groups -OCH3 is 1. The molecule has 0 fully saturated rings. The van der Waals surface area contributed by atoms with Crippen molar-refractivity contribution in [3.05, 3.63) is 82.0 Å². The summed E-state index contributed by atoms with van der Waals surface area (Å²) in [5, 5.41) is 3.05. The summed E-state index contributed by atoms with van der Waals surface area (Å²) in [6.07, 6.45) is 1.60. The van der Waals surface area contributed by atoms with Gasteiger partial charge in [-0.15, -0.1) is 0 Å². The van der Waals surface area contributed by atoms with Crippen LogP contribution in [0.4, 0.5) is 16.0 Å². The van der Waals surface area contributed by atoms with Gasteiger partial charge in [-0.1, -0.05) is 36.4 Å². The standard InChI is InChI=1S/C19H18FN3O2/c1-13-15(20)9-6-10-16(13)21-19-22-18(24)17(25-2)12-23(19)11-14-7-4-3-5-8-14/h3-10,12H,11H2,1-2H3,(H,21,22,24). The Morgan fingerprint density at radius 3 is 2.64 bits per heavy atom. The van der Waals surface area contributed by atoms with Crippen LogP contribution in [-0.2, 0) is 6.54 Å².